The van der Waals surface area contributed by atoms with Gasteiger partial charge in [-0.15, -0.1) is 8.58 Å². The molecule has 0 aromatic heterocycles. The highest BCUT2D eigenvalue weighted by Gasteiger charge is 1.74. The van der Waals surface area contributed by atoms with Gasteiger partial charge in [0.1, 0.15) is 0 Å². The first-order chi connectivity index (χ1) is 5.33. The van der Waals surface area contributed by atoms with Crippen molar-refractivity contribution < 1.29 is 0 Å². The second-order valence-corrected chi connectivity index (χ2v) is 4.02. The smallest absolute Gasteiger partial charge is 0.0356 e. The van der Waals surface area contributed by atoms with E-state index in [1.807, 2.05) is 0 Å². The monoisotopic (exact) mass is 176 g/mol. The SMILES string of the molecule is CCCCC.CCCCPC. The van der Waals surface area contributed by atoms with E-state index in [9.17, 15) is 0 Å². The zero-order valence-corrected chi connectivity index (χ0v) is 9.74. The van der Waals surface area contributed by atoms with Gasteiger partial charge in [0.25, 0.3) is 0 Å². The third kappa shape index (κ3) is 25.1. The van der Waals surface area contributed by atoms with Crippen LogP contribution in [0.5, 0.6) is 0 Å². The van der Waals surface area contributed by atoms with E-state index >= 15 is 0 Å². The molecule has 0 heterocycles. The van der Waals surface area contributed by atoms with Crippen molar-refractivity contribution in [3.05, 3.63) is 0 Å². The van der Waals surface area contributed by atoms with Crippen LogP contribution in [0.1, 0.15) is 52.9 Å². The Labute approximate surface area is 74.9 Å². The Balaban J connectivity index is 0. The first kappa shape index (κ1) is 14.0. The van der Waals surface area contributed by atoms with Crippen molar-refractivity contribution in [2.24, 2.45) is 0 Å². The maximum Gasteiger partial charge on any atom is -0.0356 e. The van der Waals surface area contributed by atoms with E-state index in [-0.39, 0.29) is 0 Å². The second-order valence-electron chi connectivity index (χ2n) is 2.81. The van der Waals surface area contributed by atoms with E-state index in [0.29, 0.717) is 0 Å². The Bertz CT molecular complexity index is 38.1. The van der Waals surface area contributed by atoms with Crippen molar-refractivity contribution >= 4 is 8.58 Å². The molecule has 0 aromatic carbocycles. The Morgan fingerprint density at radius 3 is 1.36 bits per heavy atom. The van der Waals surface area contributed by atoms with Gasteiger partial charge in [-0.25, -0.2) is 0 Å². The number of hydrogen-bond acceptors (Lipinski definition) is 0. The molecule has 0 radical (unpaired) electrons. The van der Waals surface area contributed by atoms with Gasteiger partial charge in [-0.3, -0.25) is 0 Å². The van der Waals surface area contributed by atoms with Crippen molar-refractivity contribution in [2.45, 2.75) is 52.9 Å². The summed E-state index contributed by atoms with van der Waals surface area (Å²) in [5.74, 6) is 0. The van der Waals surface area contributed by atoms with Gasteiger partial charge in [0, 0.05) is 0 Å². The van der Waals surface area contributed by atoms with Gasteiger partial charge in [0.15, 0.2) is 0 Å². The summed E-state index contributed by atoms with van der Waals surface area (Å²) in [4.78, 5) is 0. The predicted octanol–water partition coefficient (Wildman–Crippen LogP) is 4.29. The predicted molar refractivity (Wildman–Crippen MR) is 59.2 cm³/mol. The molecule has 0 rings (SSSR count). The van der Waals surface area contributed by atoms with Crippen molar-refractivity contribution in [3.63, 3.8) is 0 Å². The van der Waals surface area contributed by atoms with Crippen LogP contribution < -0.4 is 0 Å². The second kappa shape index (κ2) is 16.8. The molecule has 0 aliphatic carbocycles. The van der Waals surface area contributed by atoms with Crippen LogP contribution in [-0.2, 0) is 0 Å². The molecule has 1 heteroatoms. The average Bonchev–Trinajstić information content (AvgIpc) is 2.04. The van der Waals surface area contributed by atoms with E-state index in [1.165, 1.54) is 38.3 Å². The minimum absolute atomic E-state index is 1.16. The summed E-state index contributed by atoms with van der Waals surface area (Å²) in [6.45, 7) is 8.92. The number of hydrogen-bond donors (Lipinski definition) is 0. The minimum atomic E-state index is 1.16. The summed E-state index contributed by atoms with van der Waals surface area (Å²) in [6.07, 6.45) is 8.30. The largest absolute Gasteiger partial charge is 0.125 e. The zero-order chi connectivity index (χ0) is 8.95. The summed E-state index contributed by atoms with van der Waals surface area (Å²) in [5, 5.41) is 0. The van der Waals surface area contributed by atoms with Gasteiger partial charge in [-0.2, -0.15) is 0 Å². The van der Waals surface area contributed by atoms with Gasteiger partial charge in [-0.1, -0.05) is 46.5 Å². The molecule has 0 aliphatic heterocycles. The molecule has 0 aromatic rings. The first-order valence-corrected chi connectivity index (χ1v) is 6.68. The maximum absolute atomic E-state index is 2.26. The summed E-state index contributed by atoms with van der Waals surface area (Å²) in [6, 6.07) is 0. The molecule has 1 unspecified atom stereocenters. The summed E-state index contributed by atoms with van der Waals surface area (Å²) in [5.41, 5.74) is 0. The topological polar surface area (TPSA) is 0 Å². The average molecular weight is 176 g/mol. The van der Waals surface area contributed by atoms with Crippen molar-refractivity contribution in [1.82, 2.24) is 0 Å². The highest BCUT2D eigenvalue weighted by molar-refractivity contribution is 7.36. The quantitative estimate of drug-likeness (QED) is 0.433. The molecule has 0 fully saturated rings. The van der Waals surface area contributed by atoms with Crippen LogP contribution in [-0.4, -0.2) is 12.8 Å². The molecule has 0 amide bonds. The first-order valence-electron chi connectivity index (χ1n) is 4.97. The van der Waals surface area contributed by atoms with E-state index < -0.39 is 0 Å². The maximum atomic E-state index is 2.26. The van der Waals surface area contributed by atoms with E-state index in [1.54, 1.807) is 0 Å². The molecule has 0 N–H and O–H groups in total. The fraction of sp³-hybridized carbons (Fsp3) is 1.00. The molecule has 0 spiro atoms. The molecule has 0 saturated carbocycles. The Hall–Kier alpha value is 0.430. The van der Waals surface area contributed by atoms with Crippen LogP contribution in [0, 0.1) is 0 Å². The fourth-order valence-corrected chi connectivity index (χ4v) is 1.41. The molecule has 1 atom stereocenters. The van der Waals surface area contributed by atoms with E-state index in [2.05, 4.69) is 27.4 Å². The van der Waals surface area contributed by atoms with Gasteiger partial charge in [0.2, 0.25) is 0 Å². The molecule has 0 nitrogen and oxygen atoms in total. The van der Waals surface area contributed by atoms with Crippen LogP contribution in [0.3, 0.4) is 0 Å². The number of unbranched alkanes of at least 4 members (excludes halogenated alkanes) is 3. The lowest BCUT2D eigenvalue weighted by molar-refractivity contribution is 0.772. The van der Waals surface area contributed by atoms with Gasteiger partial charge in [-0.05, 0) is 19.2 Å². The Kier molecular flexibility index (Phi) is 21.4. The third-order valence-electron chi connectivity index (χ3n) is 1.49. The molecular formula is C10H25P. The fourth-order valence-electron chi connectivity index (χ4n) is 0.707. The van der Waals surface area contributed by atoms with Crippen molar-refractivity contribution in [3.8, 4) is 0 Å². The van der Waals surface area contributed by atoms with Crippen molar-refractivity contribution in [2.75, 3.05) is 12.8 Å². The molecule has 11 heavy (non-hydrogen) atoms. The Morgan fingerprint density at radius 1 is 0.818 bits per heavy atom. The third-order valence-corrected chi connectivity index (χ3v) is 2.34. The van der Waals surface area contributed by atoms with Crippen molar-refractivity contribution in [1.29, 1.82) is 0 Å². The standard InChI is InChI=1S/C5H13P.C5H12/c1-3-4-5-6-2;1-3-5-4-2/h6H,3-5H2,1-2H3;3-5H2,1-2H3. The summed E-state index contributed by atoms with van der Waals surface area (Å²) >= 11 is 0. The van der Waals surface area contributed by atoms with Gasteiger partial charge >= 0.3 is 0 Å². The highest BCUT2D eigenvalue weighted by atomic mass is 31.1. The van der Waals surface area contributed by atoms with E-state index in [4.69, 9.17) is 0 Å². The number of rotatable bonds is 5. The molecule has 0 aliphatic rings. The van der Waals surface area contributed by atoms with Crippen LogP contribution >= 0.6 is 8.58 Å². The normalized spacial score (nSPS) is 9.82. The zero-order valence-electron chi connectivity index (χ0n) is 8.74. The van der Waals surface area contributed by atoms with Gasteiger partial charge < -0.3 is 0 Å². The van der Waals surface area contributed by atoms with E-state index in [0.717, 1.165) is 8.58 Å². The molecular weight excluding hydrogens is 151 g/mol. The van der Waals surface area contributed by atoms with Crippen LogP contribution in [0.15, 0.2) is 0 Å². The Morgan fingerprint density at radius 2 is 1.27 bits per heavy atom. The molecule has 70 valence electrons. The van der Waals surface area contributed by atoms with Gasteiger partial charge in [0.05, 0.1) is 0 Å². The highest BCUT2D eigenvalue weighted by Crippen LogP contribution is 2.04. The minimum Gasteiger partial charge on any atom is -0.125 e. The molecule has 0 saturated heterocycles. The lowest BCUT2D eigenvalue weighted by Gasteiger charge is -1.86. The van der Waals surface area contributed by atoms with Crippen LogP contribution in [0.4, 0.5) is 0 Å². The summed E-state index contributed by atoms with van der Waals surface area (Å²) in [7, 11) is 1.16. The van der Waals surface area contributed by atoms with Crippen LogP contribution in [0.25, 0.3) is 0 Å². The lowest BCUT2D eigenvalue weighted by Crippen LogP contribution is -1.69. The van der Waals surface area contributed by atoms with Crippen LogP contribution in [0.2, 0.25) is 0 Å². The summed E-state index contributed by atoms with van der Waals surface area (Å²) < 4.78 is 0. The molecule has 0 bridgehead atoms. The lowest BCUT2D eigenvalue weighted by atomic mass is 10.3.